The lowest BCUT2D eigenvalue weighted by Gasteiger charge is -2.17. The molecule has 8 heteroatoms. The highest BCUT2D eigenvalue weighted by Crippen LogP contribution is 2.41. The molecule has 0 N–H and O–H groups in total. The molecule has 2 aromatic carbocycles. The van der Waals surface area contributed by atoms with E-state index in [1.807, 2.05) is 48.6 Å². The van der Waals surface area contributed by atoms with Gasteiger partial charge in [0.15, 0.2) is 0 Å². The number of unbranched alkanes of at least 4 members (excludes halogenated alkanes) is 10. The van der Waals surface area contributed by atoms with Crippen molar-refractivity contribution in [2.75, 3.05) is 22.9 Å². The molecule has 2 aromatic heterocycles. The van der Waals surface area contributed by atoms with Crippen LogP contribution in [0.25, 0.3) is 35.5 Å². The van der Waals surface area contributed by atoms with Crippen LogP contribution in [0.15, 0.2) is 60.7 Å². The van der Waals surface area contributed by atoms with E-state index >= 15 is 0 Å². The zero-order chi connectivity index (χ0) is 36.5. The zero-order valence-corrected chi connectivity index (χ0v) is 31.9. The monoisotopic (exact) mass is 738 g/mol. The molecule has 0 saturated heterocycles. The number of nitrogens with zero attached hydrogens (tertiary/aromatic N) is 2. The minimum atomic E-state index is -0.348. The molecular weight excluding hydrogens is 691 g/mol. The summed E-state index contributed by atoms with van der Waals surface area (Å²) in [5.74, 6) is -0.842. The summed E-state index contributed by atoms with van der Waals surface area (Å²) in [4.78, 5) is 34.7. The first-order valence-electron chi connectivity index (χ1n) is 18.9. The normalized spacial score (nSPS) is 15.6. The first kappa shape index (κ1) is 37.6. The second kappa shape index (κ2) is 18.1. The Balaban J connectivity index is 1.12. The second-order valence-corrected chi connectivity index (χ2v) is 16.0. The SMILES string of the molecule is CCCCCCCCN1C(=O)/C(=C\c2ccc(/C=C/c3ccc(/C=C4\C(=O)N(CCCCCCCC)c5ccc(F)cc54)s3)s2)c2cc(F)ccc21. The smallest absolute Gasteiger partial charge is 0.259 e. The highest BCUT2D eigenvalue weighted by atomic mass is 32.1. The number of rotatable bonds is 18. The summed E-state index contributed by atoms with van der Waals surface area (Å²) in [5, 5.41) is 0. The van der Waals surface area contributed by atoms with Gasteiger partial charge in [-0.25, -0.2) is 8.78 Å². The third kappa shape index (κ3) is 9.07. The van der Waals surface area contributed by atoms with Crippen LogP contribution in [-0.4, -0.2) is 24.9 Å². The molecule has 0 atom stereocenters. The second-order valence-electron chi connectivity index (χ2n) is 13.7. The van der Waals surface area contributed by atoms with Gasteiger partial charge in [-0.05, 0) is 97.8 Å². The van der Waals surface area contributed by atoms with E-state index in [0.717, 1.165) is 56.6 Å². The number of benzene rings is 2. The minimum Gasteiger partial charge on any atom is -0.308 e. The van der Waals surface area contributed by atoms with Gasteiger partial charge in [0.05, 0.1) is 22.5 Å². The molecule has 0 aliphatic carbocycles. The van der Waals surface area contributed by atoms with Crippen LogP contribution in [0.2, 0.25) is 0 Å². The zero-order valence-electron chi connectivity index (χ0n) is 30.3. The number of carbonyl (C=O) groups excluding carboxylic acids is 2. The fourth-order valence-corrected chi connectivity index (χ4v) is 8.72. The summed E-state index contributed by atoms with van der Waals surface area (Å²) in [7, 11) is 0. The fourth-order valence-electron chi connectivity index (χ4n) is 7.00. The van der Waals surface area contributed by atoms with E-state index in [0.29, 0.717) is 35.4 Å². The van der Waals surface area contributed by atoms with Crippen molar-refractivity contribution in [3.05, 3.63) is 103 Å². The molecule has 0 spiro atoms. The van der Waals surface area contributed by atoms with Crippen LogP contribution in [0.1, 0.15) is 122 Å². The lowest BCUT2D eigenvalue weighted by Crippen LogP contribution is -2.27. The summed E-state index contributed by atoms with van der Waals surface area (Å²) >= 11 is 3.14. The minimum absolute atomic E-state index is 0.0727. The molecule has 2 aliphatic heterocycles. The molecule has 4 heterocycles. The van der Waals surface area contributed by atoms with Crippen LogP contribution in [0.3, 0.4) is 0 Å². The molecule has 0 saturated carbocycles. The highest BCUT2D eigenvalue weighted by Gasteiger charge is 2.33. The number of anilines is 2. The number of thiophene rings is 2. The number of hydrogen-bond acceptors (Lipinski definition) is 4. The Morgan fingerprint density at radius 1 is 0.519 bits per heavy atom. The number of amides is 2. The summed E-state index contributed by atoms with van der Waals surface area (Å²) in [6, 6.07) is 17.3. The summed E-state index contributed by atoms with van der Waals surface area (Å²) in [6.07, 6.45) is 21.5. The van der Waals surface area contributed by atoms with E-state index in [-0.39, 0.29) is 23.4 Å². The van der Waals surface area contributed by atoms with Crippen molar-refractivity contribution in [2.45, 2.75) is 90.9 Å². The number of carbonyl (C=O) groups is 2. The van der Waals surface area contributed by atoms with Crippen molar-refractivity contribution in [3.8, 4) is 0 Å². The van der Waals surface area contributed by atoms with E-state index in [1.165, 1.54) is 75.6 Å². The molecule has 2 aliphatic rings. The van der Waals surface area contributed by atoms with Crippen molar-refractivity contribution >= 4 is 81.3 Å². The predicted molar refractivity (Wildman–Crippen MR) is 218 cm³/mol. The maximum atomic E-state index is 14.3. The van der Waals surface area contributed by atoms with Gasteiger partial charge in [-0.15, -0.1) is 22.7 Å². The predicted octanol–water partition coefficient (Wildman–Crippen LogP) is 12.8. The van der Waals surface area contributed by atoms with E-state index < -0.39 is 0 Å². The standard InChI is InChI=1S/C44H48F2N2O2S2/c1-3-5-7-9-11-13-25-47-41-23-15-31(45)27-37(41)39(43(47)49)29-35-21-19-33(51-35)17-18-34-20-22-36(52-34)30-40-38-28-32(46)16-24-42(38)48(44(40)50)26-14-12-10-8-6-4-2/h15-24,27-30H,3-14,25-26H2,1-2H3/b18-17+,39-29-,40-30-. The first-order valence-corrected chi connectivity index (χ1v) is 20.5. The van der Waals surface area contributed by atoms with E-state index in [4.69, 9.17) is 0 Å². The highest BCUT2D eigenvalue weighted by molar-refractivity contribution is 7.14. The lowest BCUT2D eigenvalue weighted by atomic mass is 10.1. The number of halogens is 2. The van der Waals surface area contributed by atoms with Crippen LogP contribution in [0.4, 0.5) is 20.2 Å². The van der Waals surface area contributed by atoms with Crippen molar-refractivity contribution in [2.24, 2.45) is 0 Å². The van der Waals surface area contributed by atoms with Gasteiger partial charge in [-0.1, -0.05) is 78.1 Å². The Kier molecular flexibility index (Phi) is 13.1. The van der Waals surface area contributed by atoms with Crippen molar-refractivity contribution < 1.29 is 18.4 Å². The third-order valence-electron chi connectivity index (χ3n) is 9.78. The van der Waals surface area contributed by atoms with Gasteiger partial charge < -0.3 is 9.80 Å². The van der Waals surface area contributed by atoms with Crippen LogP contribution in [0, 0.1) is 11.6 Å². The average molecular weight is 739 g/mol. The first-order chi connectivity index (χ1) is 25.4. The summed E-state index contributed by atoms with van der Waals surface area (Å²) < 4.78 is 28.7. The van der Waals surface area contributed by atoms with E-state index in [1.54, 1.807) is 44.6 Å². The van der Waals surface area contributed by atoms with Gasteiger partial charge >= 0.3 is 0 Å². The van der Waals surface area contributed by atoms with Crippen LogP contribution < -0.4 is 9.80 Å². The molecule has 6 rings (SSSR count). The Morgan fingerprint density at radius 3 is 1.33 bits per heavy atom. The molecule has 4 aromatic rings. The summed E-state index contributed by atoms with van der Waals surface area (Å²) in [5.41, 5.74) is 3.93. The van der Waals surface area contributed by atoms with Crippen LogP contribution >= 0.6 is 22.7 Å². The quantitative estimate of drug-likeness (QED) is 0.0753. The maximum Gasteiger partial charge on any atom is 0.259 e. The lowest BCUT2D eigenvalue weighted by molar-refractivity contribution is -0.113. The van der Waals surface area contributed by atoms with Crippen molar-refractivity contribution in [1.82, 2.24) is 0 Å². The topological polar surface area (TPSA) is 40.6 Å². The van der Waals surface area contributed by atoms with E-state index in [2.05, 4.69) is 13.8 Å². The molecular formula is C44H48F2N2O2S2. The van der Waals surface area contributed by atoms with Crippen LogP contribution in [0.5, 0.6) is 0 Å². The van der Waals surface area contributed by atoms with Crippen molar-refractivity contribution in [3.63, 3.8) is 0 Å². The molecule has 4 nitrogen and oxygen atoms in total. The summed E-state index contributed by atoms with van der Waals surface area (Å²) in [6.45, 7) is 5.67. The molecule has 52 heavy (non-hydrogen) atoms. The van der Waals surface area contributed by atoms with Crippen LogP contribution in [-0.2, 0) is 9.59 Å². The number of hydrogen-bond donors (Lipinski definition) is 0. The van der Waals surface area contributed by atoms with Gasteiger partial charge in [0.25, 0.3) is 11.8 Å². The van der Waals surface area contributed by atoms with Crippen molar-refractivity contribution in [1.29, 1.82) is 0 Å². The Morgan fingerprint density at radius 2 is 0.904 bits per heavy atom. The number of fused-ring (bicyclic) bond motifs is 2. The van der Waals surface area contributed by atoms with E-state index in [9.17, 15) is 18.4 Å². The molecule has 2 amide bonds. The molecule has 272 valence electrons. The van der Waals surface area contributed by atoms with Gasteiger partial charge in [0.2, 0.25) is 0 Å². The molecule has 0 bridgehead atoms. The largest absolute Gasteiger partial charge is 0.308 e. The molecule has 0 radical (unpaired) electrons. The molecule has 0 fully saturated rings. The Hall–Kier alpha value is -4.14. The van der Waals surface area contributed by atoms with Gasteiger partial charge in [-0.3, -0.25) is 9.59 Å². The average Bonchev–Trinajstić information content (AvgIpc) is 3.90. The third-order valence-corrected chi connectivity index (χ3v) is 11.8. The maximum absolute atomic E-state index is 14.3. The van der Waals surface area contributed by atoms with Gasteiger partial charge in [0.1, 0.15) is 11.6 Å². The Bertz CT molecular complexity index is 1830. The van der Waals surface area contributed by atoms with Gasteiger partial charge in [-0.2, -0.15) is 0 Å². The fraction of sp³-hybridized carbons (Fsp3) is 0.364. The Labute approximate surface area is 315 Å². The molecule has 0 unspecified atom stereocenters. The van der Waals surface area contributed by atoms with Gasteiger partial charge in [0, 0.05) is 43.7 Å².